The van der Waals surface area contributed by atoms with Gasteiger partial charge in [-0.15, -0.1) is 0 Å². The summed E-state index contributed by atoms with van der Waals surface area (Å²) >= 11 is 0. The van der Waals surface area contributed by atoms with Crippen molar-refractivity contribution in [1.29, 1.82) is 0 Å². The molecule has 0 unspecified atom stereocenters. The standard InChI is InChI=1S/C16H24N2O3S/c1-3-22(20,21)18-11-9-15(10-12-18)16(19)17(2)13-14-7-5-4-6-8-14/h4-8,15H,3,9-13H2,1-2H3. The second-order valence-electron chi connectivity index (χ2n) is 5.75. The van der Waals surface area contributed by atoms with E-state index in [0.29, 0.717) is 32.5 Å². The smallest absolute Gasteiger partial charge is 0.225 e. The second-order valence-corrected chi connectivity index (χ2v) is 8.01. The Morgan fingerprint density at radius 2 is 1.82 bits per heavy atom. The van der Waals surface area contributed by atoms with Gasteiger partial charge in [0.1, 0.15) is 0 Å². The fraction of sp³-hybridized carbons (Fsp3) is 0.562. The fourth-order valence-corrected chi connectivity index (χ4v) is 3.94. The largest absolute Gasteiger partial charge is 0.341 e. The molecule has 0 radical (unpaired) electrons. The lowest BCUT2D eigenvalue weighted by molar-refractivity contribution is -0.135. The second kappa shape index (κ2) is 7.24. The number of benzene rings is 1. The minimum atomic E-state index is -3.13. The maximum Gasteiger partial charge on any atom is 0.225 e. The summed E-state index contributed by atoms with van der Waals surface area (Å²) in [6.45, 7) is 3.14. The summed E-state index contributed by atoms with van der Waals surface area (Å²) in [6.07, 6.45) is 1.22. The molecule has 1 aromatic carbocycles. The number of amides is 1. The van der Waals surface area contributed by atoms with E-state index in [9.17, 15) is 13.2 Å². The normalized spacial score (nSPS) is 17.4. The van der Waals surface area contributed by atoms with Crippen LogP contribution in [0.15, 0.2) is 30.3 Å². The van der Waals surface area contributed by atoms with Gasteiger partial charge in [0, 0.05) is 32.6 Å². The molecule has 1 fully saturated rings. The minimum Gasteiger partial charge on any atom is -0.341 e. The zero-order valence-corrected chi connectivity index (χ0v) is 14.1. The highest BCUT2D eigenvalue weighted by Crippen LogP contribution is 2.22. The Morgan fingerprint density at radius 3 is 2.36 bits per heavy atom. The molecule has 0 aromatic heterocycles. The lowest BCUT2D eigenvalue weighted by atomic mass is 9.96. The molecule has 122 valence electrons. The summed E-state index contributed by atoms with van der Waals surface area (Å²) in [5, 5.41) is 0. The minimum absolute atomic E-state index is 0.0722. The summed E-state index contributed by atoms with van der Waals surface area (Å²) in [6, 6.07) is 9.87. The van der Waals surface area contributed by atoms with Crippen molar-refractivity contribution in [2.45, 2.75) is 26.3 Å². The van der Waals surface area contributed by atoms with Crippen molar-refractivity contribution in [1.82, 2.24) is 9.21 Å². The first-order chi connectivity index (χ1) is 10.4. The number of piperidine rings is 1. The summed E-state index contributed by atoms with van der Waals surface area (Å²) in [7, 11) is -1.32. The molecule has 1 aliphatic rings. The first-order valence-corrected chi connectivity index (χ1v) is 9.31. The van der Waals surface area contributed by atoms with Crippen LogP contribution in [0.25, 0.3) is 0 Å². The van der Waals surface area contributed by atoms with Gasteiger partial charge in [0.15, 0.2) is 0 Å². The molecule has 1 amide bonds. The van der Waals surface area contributed by atoms with E-state index in [0.717, 1.165) is 5.56 Å². The number of hydrogen-bond donors (Lipinski definition) is 0. The van der Waals surface area contributed by atoms with Gasteiger partial charge in [-0.05, 0) is 25.3 Å². The third-order valence-corrected chi connectivity index (χ3v) is 6.08. The molecule has 0 aliphatic carbocycles. The van der Waals surface area contributed by atoms with E-state index in [1.165, 1.54) is 4.31 Å². The molecule has 6 heteroatoms. The van der Waals surface area contributed by atoms with Crippen LogP contribution in [0.5, 0.6) is 0 Å². The highest BCUT2D eigenvalue weighted by Gasteiger charge is 2.31. The molecular weight excluding hydrogens is 300 g/mol. The number of carbonyl (C=O) groups is 1. The van der Waals surface area contributed by atoms with E-state index < -0.39 is 10.0 Å². The van der Waals surface area contributed by atoms with E-state index in [2.05, 4.69) is 0 Å². The molecule has 5 nitrogen and oxygen atoms in total. The maximum absolute atomic E-state index is 12.5. The van der Waals surface area contributed by atoms with Gasteiger partial charge in [-0.2, -0.15) is 0 Å². The number of hydrogen-bond acceptors (Lipinski definition) is 3. The van der Waals surface area contributed by atoms with Gasteiger partial charge in [-0.3, -0.25) is 4.79 Å². The summed E-state index contributed by atoms with van der Waals surface area (Å²) < 4.78 is 25.2. The topological polar surface area (TPSA) is 57.7 Å². The van der Waals surface area contributed by atoms with Crippen molar-refractivity contribution >= 4 is 15.9 Å². The highest BCUT2D eigenvalue weighted by molar-refractivity contribution is 7.89. The number of carbonyl (C=O) groups excluding carboxylic acids is 1. The molecule has 1 aromatic rings. The van der Waals surface area contributed by atoms with Gasteiger partial charge in [0.05, 0.1) is 5.75 Å². The van der Waals surface area contributed by atoms with Crippen LogP contribution in [0.2, 0.25) is 0 Å². The van der Waals surface area contributed by atoms with Gasteiger partial charge in [0.2, 0.25) is 15.9 Å². The molecule has 0 spiro atoms. The fourth-order valence-electron chi connectivity index (χ4n) is 2.81. The molecule has 1 heterocycles. The van der Waals surface area contributed by atoms with Crippen molar-refractivity contribution in [3.63, 3.8) is 0 Å². The highest BCUT2D eigenvalue weighted by atomic mass is 32.2. The molecule has 0 bridgehead atoms. The van der Waals surface area contributed by atoms with Crippen LogP contribution in [-0.4, -0.2) is 49.4 Å². The summed E-state index contributed by atoms with van der Waals surface area (Å²) in [4.78, 5) is 14.2. The van der Waals surface area contributed by atoms with Gasteiger partial charge in [-0.1, -0.05) is 30.3 Å². The molecule has 1 aliphatic heterocycles. The van der Waals surface area contributed by atoms with Crippen LogP contribution >= 0.6 is 0 Å². The number of sulfonamides is 1. The number of rotatable bonds is 5. The monoisotopic (exact) mass is 324 g/mol. The van der Waals surface area contributed by atoms with Crippen LogP contribution in [0.3, 0.4) is 0 Å². The van der Waals surface area contributed by atoms with Crippen molar-refractivity contribution in [3.8, 4) is 0 Å². The van der Waals surface area contributed by atoms with E-state index >= 15 is 0 Å². The maximum atomic E-state index is 12.5. The molecular formula is C16H24N2O3S. The Bertz CT molecular complexity index is 593. The van der Waals surface area contributed by atoms with Gasteiger partial charge < -0.3 is 4.90 Å². The Balaban J connectivity index is 1.89. The van der Waals surface area contributed by atoms with E-state index in [4.69, 9.17) is 0 Å². The Hall–Kier alpha value is -1.40. The van der Waals surface area contributed by atoms with Gasteiger partial charge in [-0.25, -0.2) is 12.7 Å². The Morgan fingerprint density at radius 1 is 1.23 bits per heavy atom. The molecule has 22 heavy (non-hydrogen) atoms. The average Bonchev–Trinajstić information content (AvgIpc) is 2.55. The predicted octanol–water partition coefficient (Wildman–Crippen LogP) is 1.71. The quantitative estimate of drug-likeness (QED) is 0.828. The molecule has 1 saturated heterocycles. The van der Waals surface area contributed by atoms with Crippen LogP contribution in [0, 0.1) is 5.92 Å². The van der Waals surface area contributed by atoms with Gasteiger partial charge in [0.25, 0.3) is 0 Å². The van der Waals surface area contributed by atoms with Crippen LogP contribution < -0.4 is 0 Å². The average molecular weight is 324 g/mol. The molecule has 2 rings (SSSR count). The van der Waals surface area contributed by atoms with Crippen molar-refractivity contribution in [2.24, 2.45) is 5.92 Å². The molecule has 0 atom stereocenters. The van der Waals surface area contributed by atoms with Crippen molar-refractivity contribution in [3.05, 3.63) is 35.9 Å². The van der Waals surface area contributed by atoms with Crippen LogP contribution in [-0.2, 0) is 21.4 Å². The SMILES string of the molecule is CCS(=O)(=O)N1CCC(C(=O)N(C)Cc2ccccc2)CC1. The van der Waals surface area contributed by atoms with Crippen LogP contribution in [0.4, 0.5) is 0 Å². The van der Waals surface area contributed by atoms with Crippen LogP contribution in [0.1, 0.15) is 25.3 Å². The summed E-state index contributed by atoms with van der Waals surface area (Å²) in [5.41, 5.74) is 1.10. The third-order valence-electron chi connectivity index (χ3n) is 4.20. The zero-order chi connectivity index (χ0) is 16.2. The van der Waals surface area contributed by atoms with Crippen molar-refractivity contribution in [2.75, 3.05) is 25.9 Å². The third kappa shape index (κ3) is 4.08. The van der Waals surface area contributed by atoms with E-state index in [-0.39, 0.29) is 17.6 Å². The predicted molar refractivity (Wildman–Crippen MR) is 86.7 cm³/mol. The van der Waals surface area contributed by atoms with E-state index in [1.807, 2.05) is 37.4 Å². The number of nitrogens with zero attached hydrogens (tertiary/aromatic N) is 2. The van der Waals surface area contributed by atoms with Gasteiger partial charge >= 0.3 is 0 Å². The Kier molecular flexibility index (Phi) is 5.58. The van der Waals surface area contributed by atoms with Crippen molar-refractivity contribution < 1.29 is 13.2 Å². The summed E-state index contributed by atoms with van der Waals surface area (Å²) in [5.74, 6) is 0.161. The molecule has 0 N–H and O–H groups in total. The Labute approximate surface area is 133 Å². The first kappa shape index (κ1) is 17.0. The zero-order valence-electron chi connectivity index (χ0n) is 13.2. The first-order valence-electron chi connectivity index (χ1n) is 7.70. The molecule has 0 saturated carbocycles. The lowest BCUT2D eigenvalue weighted by Gasteiger charge is -2.32. The van der Waals surface area contributed by atoms with E-state index in [1.54, 1.807) is 11.8 Å². The lowest BCUT2D eigenvalue weighted by Crippen LogP contribution is -2.43.